The third-order valence-corrected chi connectivity index (χ3v) is 4.32. The third-order valence-electron chi connectivity index (χ3n) is 4.07. The Bertz CT molecular complexity index is 1180. The zero-order chi connectivity index (χ0) is 18.8. The van der Waals surface area contributed by atoms with Gasteiger partial charge >= 0.3 is 5.69 Å². The van der Waals surface area contributed by atoms with Crippen LogP contribution in [0.5, 0.6) is 0 Å². The molecular formula is C19H14ClN5O2. The highest BCUT2D eigenvalue weighted by Crippen LogP contribution is 2.26. The van der Waals surface area contributed by atoms with Gasteiger partial charge in [-0.2, -0.15) is 5.10 Å². The molecule has 0 spiro atoms. The Morgan fingerprint density at radius 2 is 1.89 bits per heavy atom. The quantitative estimate of drug-likeness (QED) is 0.507. The molecule has 8 heteroatoms. The molecule has 134 valence electrons. The SMILES string of the molecule is O=C(NCc1n[nH]c(=O)[nH]1)c1cc(-c2ccc(Cl)cc2)nc2ccccc12. The first-order chi connectivity index (χ1) is 13.1. The Balaban J connectivity index is 1.72. The molecule has 2 aromatic carbocycles. The standard InChI is InChI=1S/C19H14ClN5O2/c20-12-7-5-11(6-8-12)16-9-14(13-3-1-2-4-15(13)22-16)18(26)21-10-17-23-19(27)25-24-17/h1-9H,10H2,(H,21,26)(H2,23,24,25,27). The van der Waals surface area contributed by atoms with Crippen molar-refractivity contribution in [2.75, 3.05) is 0 Å². The molecule has 1 amide bonds. The van der Waals surface area contributed by atoms with E-state index in [9.17, 15) is 9.59 Å². The topological polar surface area (TPSA) is 104 Å². The summed E-state index contributed by atoms with van der Waals surface area (Å²) in [6, 6.07) is 16.4. The molecule has 0 radical (unpaired) electrons. The lowest BCUT2D eigenvalue weighted by molar-refractivity contribution is 0.0951. The Labute approximate surface area is 158 Å². The van der Waals surface area contributed by atoms with E-state index in [1.54, 1.807) is 18.2 Å². The van der Waals surface area contributed by atoms with Crippen molar-refractivity contribution in [1.82, 2.24) is 25.5 Å². The van der Waals surface area contributed by atoms with Crippen molar-refractivity contribution in [3.8, 4) is 11.3 Å². The van der Waals surface area contributed by atoms with Gasteiger partial charge in [0.2, 0.25) is 0 Å². The highest BCUT2D eigenvalue weighted by Gasteiger charge is 2.14. The second-order valence-electron chi connectivity index (χ2n) is 5.89. The lowest BCUT2D eigenvalue weighted by atomic mass is 10.0. The molecule has 0 unspecified atom stereocenters. The number of pyridine rings is 1. The summed E-state index contributed by atoms with van der Waals surface area (Å²) in [5.41, 5.74) is 2.31. The van der Waals surface area contributed by atoms with Gasteiger partial charge in [0, 0.05) is 16.0 Å². The van der Waals surface area contributed by atoms with Gasteiger partial charge in [-0.05, 0) is 24.3 Å². The Morgan fingerprint density at radius 1 is 1.11 bits per heavy atom. The first-order valence-corrected chi connectivity index (χ1v) is 8.55. The smallest absolute Gasteiger partial charge is 0.340 e. The lowest BCUT2D eigenvalue weighted by Gasteiger charge is -2.10. The van der Waals surface area contributed by atoms with Crippen LogP contribution in [0.25, 0.3) is 22.2 Å². The number of aromatic nitrogens is 4. The number of rotatable bonds is 4. The highest BCUT2D eigenvalue weighted by atomic mass is 35.5. The number of amides is 1. The zero-order valence-corrected chi connectivity index (χ0v) is 14.7. The van der Waals surface area contributed by atoms with Crippen LogP contribution in [-0.2, 0) is 6.54 Å². The summed E-state index contributed by atoms with van der Waals surface area (Å²) in [4.78, 5) is 31.0. The molecule has 27 heavy (non-hydrogen) atoms. The van der Waals surface area contributed by atoms with Crippen molar-refractivity contribution in [2.24, 2.45) is 0 Å². The number of hydrogen-bond donors (Lipinski definition) is 3. The van der Waals surface area contributed by atoms with E-state index in [2.05, 4.69) is 25.5 Å². The van der Waals surface area contributed by atoms with Crippen molar-refractivity contribution in [2.45, 2.75) is 6.54 Å². The first-order valence-electron chi connectivity index (χ1n) is 8.17. The summed E-state index contributed by atoms with van der Waals surface area (Å²) in [5.74, 6) is 0.0669. The highest BCUT2D eigenvalue weighted by molar-refractivity contribution is 6.30. The molecule has 4 aromatic rings. The van der Waals surface area contributed by atoms with E-state index >= 15 is 0 Å². The molecule has 0 aliphatic rings. The van der Waals surface area contributed by atoms with E-state index < -0.39 is 5.69 Å². The summed E-state index contributed by atoms with van der Waals surface area (Å²) in [5, 5.41) is 10.2. The van der Waals surface area contributed by atoms with Crippen molar-refractivity contribution >= 4 is 28.4 Å². The molecule has 0 atom stereocenters. The van der Waals surface area contributed by atoms with Crippen molar-refractivity contribution in [1.29, 1.82) is 0 Å². The monoisotopic (exact) mass is 379 g/mol. The molecule has 7 nitrogen and oxygen atoms in total. The molecule has 3 N–H and O–H groups in total. The Morgan fingerprint density at radius 3 is 2.63 bits per heavy atom. The van der Waals surface area contributed by atoms with Gasteiger partial charge in [-0.15, -0.1) is 0 Å². The predicted molar refractivity (Wildman–Crippen MR) is 103 cm³/mol. The summed E-state index contributed by atoms with van der Waals surface area (Å²) in [6.45, 7) is 0.102. The van der Waals surface area contributed by atoms with E-state index in [0.29, 0.717) is 27.6 Å². The maximum atomic E-state index is 12.8. The molecule has 0 fully saturated rings. The molecule has 2 heterocycles. The van der Waals surface area contributed by atoms with E-state index in [0.717, 1.165) is 10.9 Å². The molecule has 0 aliphatic carbocycles. The molecule has 0 saturated carbocycles. The average Bonchev–Trinajstić information content (AvgIpc) is 3.11. The summed E-state index contributed by atoms with van der Waals surface area (Å²) < 4.78 is 0. The molecule has 0 bridgehead atoms. The fraction of sp³-hybridized carbons (Fsp3) is 0.0526. The number of aromatic amines is 2. The maximum Gasteiger partial charge on any atom is 0.340 e. The zero-order valence-electron chi connectivity index (χ0n) is 14.0. The number of benzene rings is 2. The van der Waals surface area contributed by atoms with Crippen LogP contribution in [0.15, 0.2) is 59.4 Å². The number of nitrogens with one attached hydrogen (secondary N) is 3. The van der Waals surface area contributed by atoms with Crippen molar-refractivity contribution in [3.63, 3.8) is 0 Å². The fourth-order valence-corrected chi connectivity index (χ4v) is 2.91. The maximum absolute atomic E-state index is 12.8. The molecule has 0 aliphatic heterocycles. The van der Waals surface area contributed by atoms with Gasteiger partial charge in [-0.1, -0.05) is 41.9 Å². The summed E-state index contributed by atoms with van der Waals surface area (Å²) in [6.07, 6.45) is 0. The number of halogens is 1. The van der Waals surface area contributed by atoms with E-state index in [4.69, 9.17) is 11.6 Å². The van der Waals surface area contributed by atoms with Crippen LogP contribution in [0.4, 0.5) is 0 Å². The number of carbonyl (C=O) groups is 1. The van der Waals surface area contributed by atoms with Gasteiger partial charge < -0.3 is 5.32 Å². The number of carbonyl (C=O) groups excluding carboxylic acids is 1. The number of H-pyrrole nitrogens is 2. The van der Waals surface area contributed by atoms with Gasteiger partial charge in [0.05, 0.1) is 23.3 Å². The van der Waals surface area contributed by atoms with Crippen LogP contribution in [0.1, 0.15) is 16.2 Å². The van der Waals surface area contributed by atoms with Crippen LogP contribution in [0.2, 0.25) is 5.02 Å². The van der Waals surface area contributed by atoms with E-state index in [-0.39, 0.29) is 12.5 Å². The van der Waals surface area contributed by atoms with E-state index in [1.807, 2.05) is 36.4 Å². The second kappa shape index (κ2) is 7.05. The third kappa shape index (κ3) is 3.58. The number of para-hydroxylation sites is 1. The predicted octanol–water partition coefficient (Wildman–Crippen LogP) is 2.90. The van der Waals surface area contributed by atoms with Gasteiger partial charge in [-0.3, -0.25) is 9.78 Å². The Kier molecular flexibility index (Phi) is 4.43. The summed E-state index contributed by atoms with van der Waals surface area (Å²) in [7, 11) is 0. The minimum Gasteiger partial charge on any atom is -0.345 e. The van der Waals surface area contributed by atoms with Crippen molar-refractivity contribution < 1.29 is 4.79 Å². The van der Waals surface area contributed by atoms with Crippen LogP contribution in [0, 0.1) is 0 Å². The molecule has 0 saturated heterocycles. The fourth-order valence-electron chi connectivity index (χ4n) is 2.78. The van der Waals surface area contributed by atoms with Crippen LogP contribution < -0.4 is 11.0 Å². The van der Waals surface area contributed by atoms with Gasteiger partial charge in [0.25, 0.3) is 5.91 Å². The van der Waals surface area contributed by atoms with Crippen LogP contribution in [0.3, 0.4) is 0 Å². The van der Waals surface area contributed by atoms with Crippen LogP contribution >= 0.6 is 11.6 Å². The number of fused-ring (bicyclic) bond motifs is 1. The summed E-state index contributed by atoms with van der Waals surface area (Å²) >= 11 is 5.96. The largest absolute Gasteiger partial charge is 0.345 e. The van der Waals surface area contributed by atoms with Crippen molar-refractivity contribution in [3.05, 3.63) is 81.5 Å². The molecular weight excluding hydrogens is 366 g/mol. The molecule has 2 aromatic heterocycles. The number of hydrogen-bond acceptors (Lipinski definition) is 4. The lowest BCUT2D eigenvalue weighted by Crippen LogP contribution is -2.24. The second-order valence-corrected chi connectivity index (χ2v) is 6.32. The minimum absolute atomic E-state index is 0.102. The molecule has 4 rings (SSSR count). The van der Waals surface area contributed by atoms with Gasteiger partial charge in [-0.25, -0.2) is 14.9 Å². The first kappa shape index (κ1) is 17.0. The normalized spacial score (nSPS) is 10.9. The average molecular weight is 380 g/mol. The van der Waals surface area contributed by atoms with Gasteiger partial charge in [0.1, 0.15) is 5.82 Å². The van der Waals surface area contributed by atoms with E-state index in [1.165, 1.54) is 0 Å². The number of nitrogens with zero attached hydrogens (tertiary/aromatic N) is 2. The Hall–Kier alpha value is -3.45. The minimum atomic E-state index is -0.418. The van der Waals surface area contributed by atoms with Gasteiger partial charge in [0.15, 0.2) is 0 Å². The van der Waals surface area contributed by atoms with Crippen LogP contribution in [-0.4, -0.2) is 26.1 Å².